The first kappa shape index (κ1) is 14.6. The molecule has 0 saturated heterocycles. The van der Waals surface area contributed by atoms with E-state index in [1.165, 1.54) is 0 Å². The second kappa shape index (κ2) is 6.59. The van der Waals surface area contributed by atoms with Gasteiger partial charge in [-0.15, -0.1) is 0 Å². The van der Waals surface area contributed by atoms with Gasteiger partial charge in [0.15, 0.2) is 0 Å². The van der Waals surface area contributed by atoms with Gasteiger partial charge in [-0.25, -0.2) is 0 Å². The van der Waals surface area contributed by atoms with E-state index in [4.69, 9.17) is 5.26 Å². The standard InChI is InChI=1S/C20H14N2O/c21-14-15-5-4-8-18(13-15)20(23)22-19-11-9-17(10-12-19)16-6-2-1-3-7-16/h1-13H,(H,22,23). The molecule has 3 aromatic carbocycles. The Hall–Kier alpha value is -3.38. The van der Waals surface area contributed by atoms with Gasteiger partial charge >= 0.3 is 0 Å². The van der Waals surface area contributed by atoms with E-state index in [1.807, 2.05) is 60.7 Å². The molecule has 0 atom stereocenters. The van der Waals surface area contributed by atoms with Crippen LogP contribution in [0.5, 0.6) is 0 Å². The van der Waals surface area contributed by atoms with Crippen LogP contribution in [0, 0.1) is 11.3 Å². The van der Waals surface area contributed by atoms with E-state index in [0.29, 0.717) is 11.1 Å². The Bertz CT molecular complexity index is 862. The number of carbonyl (C=O) groups excluding carboxylic acids is 1. The summed E-state index contributed by atoms with van der Waals surface area (Å²) in [6, 6.07) is 26.4. The molecule has 0 saturated carbocycles. The number of anilines is 1. The third-order valence-electron chi connectivity index (χ3n) is 3.50. The van der Waals surface area contributed by atoms with Crippen molar-refractivity contribution in [3.63, 3.8) is 0 Å². The number of benzene rings is 3. The third kappa shape index (κ3) is 3.45. The quantitative estimate of drug-likeness (QED) is 0.775. The van der Waals surface area contributed by atoms with E-state index >= 15 is 0 Å². The van der Waals surface area contributed by atoms with Gasteiger partial charge in [0.1, 0.15) is 0 Å². The van der Waals surface area contributed by atoms with Crippen molar-refractivity contribution in [3.05, 3.63) is 90.0 Å². The van der Waals surface area contributed by atoms with E-state index in [9.17, 15) is 4.79 Å². The van der Waals surface area contributed by atoms with Crippen molar-refractivity contribution in [3.8, 4) is 17.2 Å². The summed E-state index contributed by atoms with van der Waals surface area (Å²) in [5.74, 6) is -0.227. The lowest BCUT2D eigenvalue weighted by Gasteiger charge is -2.07. The van der Waals surface area contributed by atoms with Crippen LogP contribution in [0.25, 0.3) is 11.1 Å². The van der Waals surface area contributed by atoms with Crippen LogP contribution in [-0.4, -0.2) is 5.91 Å². The Balaban J connectivity index is 1.76. The maximum Gasteiger partial charge on any atom is 0.255 e. The Morgan fingerprint density at radius 2 is 1.52 bits per heavy atom. The minimum absolute atomic E-state index is 0.227. The van der Waals surface area contributed by atoms with Gasteiger partial charge < -0.3 is 5.32 Å². The largest absolute Gasteiger partial charge is 0.322 e. The Morgan fingerprint density at radius 3 is 2.22 bits per heavy atom. The molecule has 1 N–H and O–H groups in total. The molecule has 0 radical (unpaired) electrons. The highest BCUT2D eigenvalue weighted by Gasteiger charge is 2.07. The van der Waals surface area contributed by atoms with Gasteiger partial charge in [-0.05, 0) is 41.5 Å². The van der Waals surface area contributed by atoms with Crippen LogP contribution in [0.3, 0.4) is 0 Å². The summed E-state index contributed by atoms with van der Waals surface area (Å²) in [7, 11) is 0. The van der Waals surface area contributed by atoms with Crippen molar-refractivity contribution in [2.45, 2.75) is 0 Å². The van der Waals surface area contributed by atoms with Crippen molar-refractivity contribution in [2.24, 2.45) is 0 Å². The molecule has 0 aromatic heterocycles. The molecule has 3 nitrogen and oxygen atoms in total. The summed E-state index contributed by atoms with van der Waals surface area (Å²) in [6.07, 6.45) is 0. The maximum atomic E-state index is 12.2. The van der Waals surface area contributed by atoms with E-state index in [2.05, 4.69) is 5.32 Å². The number of hydrogen-bond acceptors (Lipinski definition) is 2. The smallest absolute Gasteiger partial charge is 0.255 e. The molecule has 0 unspecified atom stereocenters. The van der Waals surface area contributed by atoms with Crippen molar-refractivity contribution in [1.82, 2.24) is 0 Å². The minimum Gasteiger partial charge on any atom is -0.322 e. The summed E-state index contributed by atoms with van der Waals surface area (Å²) >= 11 is 0. The lowest BCUT2D eigenvalue weighted by atomic mass is 10.1. The fourth-order valence-electron chi connectivity index (χ4n) is 2.31. The van der Waals surface area contributed by atoms with E-state index < -0.39 is 0 Å². The molecule has 0 bridgehead atoms. The van der Waals surface area contributed by atoms with Gasteiger partial charge in [0.05, 0.1) is 11.6 Å². The average molecular weight is 298 g/mol. The lowest BCUT2D eigenvalue weighted by Crippen LogP contribution is -2.11. The summed E-state index contributed by atoms with van der Waals surface area (Å²) in [4.78, 5) is 12.2. The number of nitrogens with zero attached hydrogens (tertiary/aromatic N) is 1. The minimum atomic E-state index is -0.227. The number of nitriles is 1. The Morgan fingerprint density at radius 1 is 0.826 bits per heavy atom. The molecule has 1 amide bonds. The molecule has 3 aromatic rings. The summed E-state index contributed by atoms with van der Waals surface area (Å²) in [6.45, 7) is 0. The van der Waals surface area contributed by atoms with Crippen molar-refractivity contribution in [1.29, 1.82) is 5.26 Å². The second-order valence-electron chi connectivity index (χ2n) is 5.09. The van der Waals surface area contributed by atoms with Crippen molar-refractivity contribution in [2.75, 3.05) is 5.32 Å². The van der Waals surface area contributed by atoms with Gasteiger partial charge in [-0.2, -0.15) is 5.26 Å². The second-order valence-corrected chi connectivity index (χ2v) is 5.09. The molecule has 0 aliphatic carbocycles. The first-order chi connectivity index (χ1) is 11.3. The van der Waals surface area contributed by atoms with E-state index in [0.717, 1.165) is 16.8 Å². The van der Waals surface area contributed by atoms with Crippen LogP contribution in [0.15, 0.2) is 78.9 Å². The van der Waals surface area contributed by atoms with Gasteiger partial charge in [0.2, 0.25) is 0 Å². The van der Waals surface area contributed by atoms with Gasteiger partial charge in [0, 0.05) is 11.3 Å². The molecule has 0 fully saturated rings. The first-order valence-electron chi connectivity index (χ1n) is 7.23. The summed E-state index contributed by atoms with van der Waals surface area (Å²) < 4.78 is 0. The average Bonchev–Trinajstić information content (AvgIpc) is 2.63. The Labute approximate surface area is 134 Å². The van der Waals surface area contributed by atoms with Crippen LogP contribution >= 0.6 is 0 Å². The van der Waals surface area contributed by atoms with Gasteiger partial charge in [-0.1, -0.05) is 48.5 Å². The number of hydrogen-bond donors (Lipinski definition) is 1. The molecule has 0 aliphatic heterocycles. The molecule has 3 rings (SSSR count). The summed E-state index contributed by atoms with van der Waals surface area (Å²) in [5.41, 5.74) is 3.88. The molecule has 0 heterocycles. The molecule has 23 heavy (non-hydrogen) atoms. The van der Waals surface area contributed by atoms with Crippen LogP contribution in [0.2, 0.25) is 0 Å². The zero-order chi connectivity index (χ0) is 16.1. The molecular formula is C20H14N2O. The number of nitrogens with one attached hydrogen (secondary N) is 1. The monoisotopic (exact) mass is 298 g/mol. The molecular weight excluding hydrogens is 284 g/mol. The fraction of sp³-hybridized carbons (Fsp3) is 0. The van der Waals surface area contributed by atoms with Gasteiger partial charge in [0.25, 0.3) is 5.91 Å². The number of carbonyl (C=O) groups is 1. The highest BCUT2D eigenvalue weighted by Crippen LogP contribution is 2.21. The first-order valence-corrected chi connectivity index (χ1v) is 7.23. The van der Waals surface area contributed by atoms with Crippen LogP contribution in [0.1, 0.15) is 15.9 Å². The maximum absolute atomic E-state index is 12.2. The topological polar surface area (TPSA) is 52.9 Å². The molecule has 0 spiro atoms. The highest BCUT2D eigenvalue weighted by atomic mass is 16.1. The summed E-state index contributed by atoms with van der Waals surface area (Å²) in [5, 5.41) is 11.7. The predicted octanol–water partition coefficient (Wildman–Crippen LogP) is 4.48. The highest BCUT2D eigenvalue weighted by molar-refractivity contribution is 6.04. The molecule has 110 valence electrons. The van der Waals surface area contributed by atoms with Crippen molar-refractivity contribution < 1.29 is 4.79 Å². The van der Waals surface area contributed by atoms with E-state index in [1.54, 1.807) is 24.3 Å². The van der Waals surface area contributed by atoms with Crippen LogP contribution in [-0.2, 0) is 0 Å². The SMILES string of the molecule is N#Cc1cccc(C(=O)Nc2ccc(-c3ccccc3)cc2)c1. The lowest BCUT2D eigenvalue weighted by molar-refractivity contribution is 0.102. The zero-order valence-electron chi connectivity index (χ0n) is 12.4. The van der Waals surface area contributed by atoms with E-state index in [-0.39, 0.29) is 5.91 Å². The zero-order valence-corrected chi connectivity index (χ0v) is 12.4. The predicted molar refractivity (Wildman–Crippen MR) is 91.0 cm³/mol. The fourth-order valence-corrected chi connectivity index (χ4v) is 2.31. The Kier molecular flexibility index (Phi) is 4.17. The van der Waals surface area contributed by atoms with Crippen LogP contribution < -0.4 is 5.32 Å². The number of amides is 1. The molecule has 0 aliphatic rings. The number of rotatable bonds is 3. The third-order valence-corrected chi connectivity index (χ3v) is 3.50. The normalized spacial score (nSPS) is 9.87. The van der Waals surface area contributed by atoms with Gasteiger partial charge in [-0.3, -0.25) is 4.79 Å². The van der Waals surface area contributed by atoms with Crippen molar-refractivity contribution >= 4 is 11.6 Å². The van der Waals surface area contributed by atoms with Crippen LogP contribution in [0.4, 0.5) is 5.69 Å². The molecule has 3 heteroatoms.